The molecule has 0 heteroatoms. The fourth-order valence-electron chi connectivity index (χ4n) is 2.23. The van der Waals surface area contributed by atoms with Crippen LogP contribution in [0.15, 0.2) is 84.9 Å². The molecular formula is C25H30. The predicted molar refractivity (Wildman–Crippen MR) is 117 cm³/mol. The zero-order valence-corrected chi connectivity index (χ0v) is 12.4. The lowest BCUT2D eigenvalue weighted by Gasteiger charge is -1.97. The largest absolute Gasteiger partial charge is 0.0776 e. The smallest absolute Gasteiger partial charge is 0.0256 e. The molecule has 25 heavy (non-hydrogen) atoms. The van der Waals surface area contributed by atoms with Crippen molar-refractivity contribution in [3.8, 4) is 0 Å². The summed E-state index contributed by atoms with van der Waals surface area (Å²) < 4.78 is 0. The van der Waals surface area contributed by atoms with Gasteiger partial charge < -0.3 is 0 Å². The summed E-state index contributed by atoms with van der Waals surface area (Å²) in [4.78, 5) is 0. The Morgan fingerprint density at radius 3 is 0.840 bits per heavy atom. The van der Waals surface area contributed by atoms with Crippen LogP contribution in [0.4, 0.5) is 0 Å². The Balaban J connectivity index is 0.00000192. The van der Waals surface area contributed by atoms with E-state index >= 15 is 0 Å². The van der Waals surface area contributed by atoms with Crippen LogP contribution in [0.25, 0.3) is 24.3 Å². The Morgan fingerprint density at radius 2 is 0.560 bits per heavy atom. The van der Waals surface area contributed by atoms with Crippen LogP contribution in [0.3, 0.4) is 0 Å². The molecule has 3 rings (SSSR count). The van der Waals surface area contributed by atoms with Gasteiger partial charge in [-0.15, -0.1) is 0 Å². The van der Waals surface area contributed by atoms with Gasteiger partial charge in [0.15, 0.2) is 0 Å². The van der Waals surface area contributed by atoms with Gasteiger partial charge in [-0.3, -0.25) is 0 Å². The molecule has 0 saturated heterocycles. The molecule has 0 aliphatic carbocycles. The molecule has 0 saturated carbocycles. The summed E-state index contributed by atoms with van der Waals surface area (Å²) in [6, 6.07) is 29.3. The maximum absolute atomic E-state index is 2.14. The molecule has 0 radical (unpaired) electrons. The minimum atomic E-state index is 0. The van der Waals surface area contributed by atoms with E-state index in [2.05, 4.69) is 97.1 Å². The SMILES string of the molecule is C.C.C.C(=Cc1ccc(C=Cc2ccccc2)cc1)c1ccccc1. The van der Waals surface area contributed by atoms with Gasteiger partial charge in [-0.05, 0) is 22.3 Å². The van der Waals surface area contributed by atoms with Crippen molar-refractivity contribution in [3.05, 3.63) is 107 Å². The van der Waals surface area contributed by atoms with Gasteiger partial charge >= 0.3 is 0 Å². The van der Waals surface area contributed by atoms with Crippen molar-refractivity contribution in [1.82, 2.24) is 0 Å². The maximum atomic E-state index is 2.14. The van der Waals surface area contributed by atoms with E-state index in [1.54, 1.807) is 0 Å². The Hall–Kier alpha value is -2.86. The molecule has 0 spiro atoms. The molecule has 130 valence electrons. The van der Waals surface area contributed by atoms with E-state index in [4.69, 9.17) is 0 Å². The second-order valence-electron chi connectivity index (χ2n) is 5.15. The van der Waals surface area contributed by atoms with Crippen LogP contribution < -0.4 is 0 Å². The predicted octanol–water partition coefficient (Wildman–Crippen LogP) is 7.94. The van der Waals surface area contributed by atoms with Crippen molar-refractivity contribution in [1.29, 1.82) is 0 Å². The average molecular weight is 331 g/mol. The fraction of sp³-hybridized carbons (Fsp3) is 0.120. The lowest BCUT2D eigenvalue weighted by atomic mass is 10.1. The Labute approximate surface area is 154 Å². The van der Waals surface area contributed by atoms with E-state index in [-0.39, 0.29) is 22.3 Å². The number of hydrogen-bond donors (Lipinski definition) is 0. The molecule has 0 atom stereocenters. The molecule has 0 fully saturated rings. The lowest BCUT2D eigenvalue weighted by Crippen LogP contribution is -1.75. The van der Waals surface area contributed by atoms with Crippen molar-refractivity contribution in [3.63, 3.8) is 0 Å². The minimum absolute atomic E-state index is 0. The first-order valence-electron chi connectivity index (χ1n) is 7.46. The highest BCUT2D eigenvalue weighted by atomic mass is 14.0. The summed E-state index contributed by atoms with van der Waals surface area (Å²) >= 11 is 0. The van der Waals surface area contributed by atoms with Gasteiger partial charge in [0.1, 0.15) is 0 Å². The van der Waals surface area contributed by atoms with Crippen molar-refractivity contribution in [2.45, 2.75) is 22.3 Å². The summed E-state index contributed by atoms with van der Waals surface area (Å²) in [5.74, 6) is 0. The Bertz CT molecular complexity index is 680. The van der Waals surface area contributed by atoms with E-state index in [1.165, 1.54) is 22.3 Å². The van der Waals surface area contributed by atoms with Crippen molar-refractivity contribution >= 4 is 24.3 Å². The Morgan fingerprint density at radius 1 is 0.320 bits per heavy atom. The fourth-order valence-corrected chi connectivity index (χ4v) is 2.23. The quantitative estimate of drug-likeness (QED) is 0.426. The third-order valence-corrected chi connectivity index (χ3v) is 3.47. The lowest BCUT2D eigenvalue weighted by molar-refractivity contribution is 1.61. The van der Waals surface area contributed by atoms with Gasteiger partial charge in [-0.1, -0.05) is 132 Å². The van der Waals surface area contributed by atoms with E-state index in [9.17, 15) is 0 Å². The van der Waals surface area contributed by atoms with Crippen LogP contribution in [0.2, 0.25) is 0 Å². The molecule has 0 heterocycles. The molecule has 0 N–H and O–H groups in total. The summed E-state index contributed by atoms with van der Waals surface area (Å²) in [5, 5.41) is 0. The highest BCUT2D eigenvalue weighted by Gasteiger charge is 1.90. The van der Waals surface area contributed by atoms with E-state index in [0.29, 0.717) is 0 Å². The maximum Gasteiger partial charge on any atom is -0.0256 e. The molecular weight excluding hydrogens is 300 g/mol. The van der Waals surface area contributed by atoms with Crippen molar-refractivity contribution in [2.75, 3.05) is 0 Å². The van der Waals surface area contributed by atoms with E-state index in [1.807, 2.05) is 12.1 Å². The first-order valence-corrected chi connectivity index (χ1v) is 7.46. The van der Waals surface area contributed by atoms with E-state index < -0.39 is 0 Å². The first-order chi connectivity index (χ1) is 10.9. The van der Waals surface area contributed by atoms with Crippen LogP contribution in [0.1, 0.15) is 44.5 Å². The zero-order valence-electron chi connectivity index (χ0n) is 12.4. The third-order valence-electron chi connectivity index (χ3n) is 3.47. The molecule has 3 aromatic rings. The van der Waals surface area contributed by atoms with Gasteiger partial charge in [0.2, 0.25) is 0 Å². The molecule has 0 aromatic heterocycles. The molecule has 0 nitrogen and oxygen atoms in total. The average Bonchev–Trinajstić information content (AvgIpc) is 2.61. The zero-order chi connectivity index (χ0) is 15.0. The van der Waals surface area contributed by atoms with Gasteiger partial charge in [0, 0.05) is 0 Å². The van der Waals surface area contributed by atoms with Gasteiger partial charge in [-0.2, -0.15) is 0 Å². The van der Waals surface area contributed by atoms with Crippen LogP contribution in [0, 0.1) is 0 Å². The molecule has 0 amide bonds. The van der Waals surface area contributed by atoms with Gasteiger partial charge in [0.25, 0.3) is 0 Å². The summed E-state index contributed by atoms with van der Waals surface area (Å²) in [7, 11) is 0. The Kier molecular flexibility index (Phi) is 10.3. The van der Waals surface area contributed by atoms with E-state index in [0.717, 1.165) is 0 Å². The molecule has 0 unspecified atom stereocenters. The summed E-state index contributed by atoms with van der Waals surface area (Å²) in [5.41, 5.74) is 4.85. The van der Waals surface area contributed by atoms with Crippen LogP contribution >= 0.6 is 0 Å². The topological polar surface area (TPSA) is 0 Å². The van der Waals surface area contributed by atoms with Gasteiger partial charge in [0.05, 0.1) is 0 Å². The molecule has 3 aromatic carbocycles. The van der Waals surface area contributed by atoms with Crippen LogP contribution in [0.5, 0.6) is 0 Å². The second-order valence-corrected chi connectivity index (χ2v) is 5.15. The molecule has 0 aliphatic rings. The first kappa shape index (κ1) is 22.1. The number of hydrogen-bond acceptors (Lipinski definition) is 0. The highest BCUT2D eigenvalue weighted by Crippen LogP contribution is 2.12. The molecule has 0 bridgehead atoms. The third kappa shape index (κ3) is 7.05. The number of rotatable bonds is 4. The summed E-state index contributed by atoms with van der Waals surface area (Å²) in [6.45, 7) is 0. The number of benzene rings is 3. The van der Waals surface area contributed by atoms with Gasteiger partial charge in [-0.25, -0.2) is 0 Å². The standard InChI is InChI=1S/C22H18.3CH4/c1-3-7-19(8-4-1)11-13-21-15-17-22(18-16-21)14-12-20-9-5-2-6-10-20;;;/h1-18H;3*1H4. The summed E-state index contributed by atoms with van der Waals surface area (Å²) in [6.07, 6.45) is 8.55. The van der Waals surface area contributed by atoms with Crippen molar-refractivity contribution < 1.29 is 0 Å². The van der Waals surface area contributed by atoms with Crippen LogP contribution in [-0.2, 0) is 0 Å². The normalized spacial score (nSPS) is 9.92. The highest BCUT2D eigenvalue weighted by molar-refractivity contribution is 5.72. The second kappa shape index (κ2) is 11.6. The van der Waals surface area contributed by atoms with Crippen molar-refractivity contribution in [2.24, 2.45) is 0 Å². The monoisotopic (exact) mass is 330 g/mol. The van der Waals surface area contributed by atoms with Crippen LogP contribution in [-0.4, -0.2) is 0 Å². The minimum Gasteiger partial charge on any atom is -0.0776 e. The molecule has 0 aliphatic heterocycles.